The Morgan fingerprint density at radius 1 is 1.33 bits per heavy atom. The number of β-amino-alcohol motifs (C(OH)–C–C–N with tert-alkyl or cyclic N) is 1. The van der Waals surface area contributed by atoms with Gasteiger partial charge < -0.3 is 10.4 Å². The molecule has 1 saturated heterocycles. The number of nitrogens with zero attached hydrogens (tertiary/aromatic N) is 2. The van der Waals surface area contributed by atoms with Crippen molar-refractivity contribution in [2.75, 3.05) is 39.3 Å². The molecule has 1 aliphatic heterocycles. The SMILES string of the molecule is C=CCNC(=O)[C@H](C)N1CCN(C[C@@H](O)C(C)(C)C)CC1. The Bertz CT molecular complexity index is 344. The minimum atomic E-state index is -0.322. The average molecular weight is 297 g/mol. The van der Waals surface area contributed by atoms with Gasteiger partial charge in [0.2, 0.25) is 5.91 Å². The zero-order valence-electron chi connectivity index (χ0n) is 13.9. The molecular formula is C16H31N3O2. The van der Waals surface area contributed by atoms with Crippen molar-refractivity contribution in [3.05, 3.63) is 12.7 Å². The fraction of sp³-hybridized carbons (Fsp3) is 0.812. The Balaban J connectivity index is 2.38. The van der Waals surface area contributed by atoms with Crippen molar-refractivity contribution in [1.29, 1.82) is 0 Å². The molecule has 0 saturated carbocycles. The van der Waals surface area contributed by atoms with Gasteiger partial charge >= 0.3 is 0 Å². The number of aliphatic hydroxyl groups excluding tert-OH is 1. The van der Waals surface area contributed by atoms with E-state index in [-0.39, 0.29) is 23.5 Å². The van der Waals surface area contributed by atoms with Crippen molar-refractivity contribution in [3.63, 3.8) is 0 Å². The summed E-state index contributed by atoms with van der Waals surface area (Å²) in [4.78, 5) is 16.4. The second-order valence-corrected chi connectivity index (χ2v) is 6.93. The first-order valence-electron chi connectivity index (χ1n) is 7.78. The van der Waals surface area contributed by atoms with Gasteiger partial charge in [0.1, 0.15) is 0 Å². The minimum Gasteiger partial charge on any atom is -0.391 e. The second kappa shape index (κ2) is 7.92. The molecule has 0 bridgehead atoms. The fourth-order valence-electron chi connectivity index (χ4n) is 2.34. The molecule has 1 fully saturated rings. The van der Waals surface area contributed by atoms with E-state index in [0.717, 1.165) is 26.2 Å². The molecule has 1 heterocycles. The molecular weight excluding hydrogens is 266 g/mol. The molecule has 1 amide bonds. The first-order chi connectivity index (χ1) is 9.75. The monoisotopic (exact) mass is 297 g/mol. The highest BCUT2D eigenvalue weighted by molar-refractivity contribution is 5.81. The van der Waals surface area contributed by atoms with Crippen LogP contribution in [0.3, 0.4) is 0 Å². The first kappa shape index (κ1) is 18.1. The van der Waals surface area contributed by atoms with Gasteiger partial charge in [0.05, 0.1) is 12.1 Å². The number of piperazine rings is 1. The van der Waals surface area contributed by atoms with Crippen molar-refractivity contribution < 1.29 is 9.90 Å². The summed E-state index contributed by atoms with van der Waals surface area (Å²) >= 11 is 0. The minimum absolute atomic E-state index is 0.0538. The number of rotatable bonds is 6. The molecule has 0 spiro atoms. The van der Waals surface area contributed by atoms with Gasteiger partial charge in [-0.2, -0.15) is 0 Å². The number of nitrogens with one attached hydrogen (secondary N) is 1. The van der Waals surface area contributed by atoms with Gasteiger partial charge in [0, 0.05) is 39.3 Å². The van der Waals surface area contributed by atoms with E-state index in [4.69, 9.17) is 0 Å². The van der Waals surface area contributed by atoms with Crippen LogP contribution >= 0.6 is 0 Å². The Hall–Kier alpha value is -0.910. The third kappa shape index (κ3) is 5.77. The summed E-state index contributed by atoms with van der Waals surface area (Å²) in [7, 11) is 0. The summed E-state index contributed by atoms with van der Waals surface area (Å²) in [5.74, 6) is 0.0538. The van der Waals surface area contributed by atoms with E-state index >= 15 is 0 Å². The van der Waals surface area contributed by atoms with E-state index in [2.05, 4.69) is 42.5 Å². The Kier molecular flexibility index (Phi) is 6.84. The molecule has 122 valence electrons. The summed E-state index contributed by atoms with van der Waals surface area (Å²) < 4.78 is 0. The molecule has 5 heteroatoms. The van der Waals surface area contributed by atoms with Gasteiger partial charge in [-0.25, -0.2) is 0 Å². The van der Waals surface area contributed by atoms with Crippen molar-refractivity contribution in [1.82, 2.24) is 15.1 Å². The summed E-state index contributed by atoms with van der Waals surface area (Å²) in [5.41, 5.74) is -0.0883. The van der Waals surface area contributed by atoms with Crippen LogP contribution < -0.4 is 5.32 Å². The largest absolute Gasteiger partial charge is 0.391 e. The van der Waals surface area contributed by atoms with E-state index in [9.17, 15) is 9.90 Å². The van der Waals surface area contributed by atoms with Crippen molar-refractivity contribution in [3.8, 4) is 0 Å². The molecule has 1 rings (SSSR count). The van der Waals surface area contributed by atoms with Gasteiger partial charge in [0.25, 0.3) is 0 Å². The van der Waals surface area contributed by atoms with Gasteiger partial charge in [-0.15, -0.1) is 6.58 Å². The van der Waals surface area contributed by atoms with Crippen molar-refractivity contribution >= 4 is 5.91 Å². The summed E-state index contributed by atoms with van der Waals surface area (Å²) in [6.07, 6.45) is 1.37. The average Bonchev–Trinajstić information content (AvgIpc) is 2.43. The van der Waals surface area contributed by atoms with E-state index < -0.39 is 0 Å². The molecule has 0 aromatic rings. The lowest BCUT2D eigenvalue weighted by atomic mass is 9.89. The lowest BCUT2D eigenvalue weighted by Gasteiger charge is -2.39. The quantitative estimate of drug-likeness (QED) is 0.709. The van der Waals surface area contributed by atoms with Gasteiger partial charge in [0.15, 0.2) is 0 Å². The molecule has 0 radical (unpaired) electrons. The highest BCUT2D eigenvalue weighted by Crippen LogP contribution is 2.20. The molecule has 0 aromatic heterocycles. The number of amides is 1. The predicted molar refractivity (Wildman–Crippen MR) is 86.1 cm³/mol. The van der Waals surface area contributed by atoms with Crippen LogP contribution in [0.25, 0.3) is 0 Å². The second-order valence-electron chi connectivity index (χ2n) is 6.93. The van der Waals surface area contributed by atoms with Crippen molar-refractivity contribution in [2.24, 2.45) is 5.41 Å². The smallest absolute Gasteiger partial charge is 0.237 e. The van der Waals surface area contributed by atoms with E-state index in [1.165, 1.54) is 0 Å². The van der Waals surface area contributed by atoms with Gasteiger partial charge in [-0.1, -0.05) is 26.8 Å². The normalized spacial score (nSPS) is 20.8. The first-order valence-corrected chi connectivity index (χ1v) is 7.78. The van der Waals surface area contributed by atoms with Crippen LogP contribution in [-0.2, 0) is 4.79 Å². The molecule has 0 unspecified atom stereocenters. The molecule has 0 aromatic carbocycles. The number of aliphatic hydroxyl groups is 1. The lowest BCUT2D eigenvalue weighted by molar-refractivity contribution is -0.126. The number of carbonyl (C=O) groups is 1. The van der Waals surface area contributed by atoms with E-state index in [1.54, 1.807) is 6.08 Å². The Morgan fingerprint density at radius 2 is 1.90 bits per heavy atom. The predicted octanol–water partition coefficient (Wildman–Crippen LogP) is 0.702. The van der Waals surface area contributed by atoms with Crippen LogP contribution in [0, 0.1) is 5.41 Å². The highest BCUT2D eigenvalue weighted by atomic mass is 16.3. The molecule has 2 atom stereocenters. The Labute approximate surface area is 129 Å². The summed E-state index contributed by atoms with van der Waals surface area (Å²) in [6, 6.07) is -0.111. The van der Waals surface area contributed by atoms with Gasteiger partial charge in [-0.3, -0.25) is 14.6 Å². The van der Waals surface area contributed by atoms with E-state index in [1.807, 2.05) is 6.92 Å². The lowest BCUT2D eigenvalue weighted by Crippen LogP contribution is -2.55. The van der Waals surface area contributed by atoms with Crippen LogP contribution in [0.2, 0.25) is 0 Å². The van der Waals surface area contributed by atoms with Crippen LogP contribution in [0.4, 0.5) is 0 Å². The number of carbonyl (C=O) groups excluding carboxylic acids is 1. The van der Waals surface area contributed by atoms with E-state index in [0.29, 0.717) is 13.1 Å². The third-order valence-corrected chi connectivity index (χ3v) is 4.19. The zero-order chi connectivity index (χ0) is 16.0. The summed E-state index contributed by atoms with van der Waals surface area (Å²) in [5, 5.41) is 13.0. The van der Waals surface area contributed by atoms with Crippen LogP contribution in [0.15, 0.2) is 12.7 Å². The zero-order valence-corrected chi connectivity index (χ0v) is 13.9. The third-order valence-electron chi connectivity index (χ3n) is 4.19. The highest BCUT2D eigenvalue weighted by Gasteiger charge is 2.29. The Morgan fingerprint density at radius 3 is 2.38 bits per heavy atom. The van der Waals surface area contributed by atoms with Gasteiger partial charge in [-0.05, 0) is 12.3 Å². The summed E-state index contributed by atoms with van der Waals surface area (Å²) in [6.45, 7) is 16.4. The number of hydrogen-bond donors (Lipinski definition) is 2. The maximum Gasteiger partial charge on any atom is 0.237 e. The molecule has 21 heavy (non-hydrogen) atoms. The van der Waals surface area contributed by atoms with Crippen LogP contribution in [0.5, 0.6) is 0 Å². The standard InChI is InChI=1S/C16H31N3O2/c1-6-7-17-15(21)13(2)19-10-8-18(9-11-19)12-14(20)16(3,4)5/h6,13-14,20H,1,7-12H2,2-5H3,(H,17,21)/t13-,14+/m0/s1. The van der Waals surface area contributed by atoms with Crippen LogP contribution in [-0.4, -0.2) is 72.2 Å². The molecule has 1 aliphatic rings. The fourth-order valence-corrected chi connectivity index (χ4v) is 2.34. The topological polar surface area (TPSA) is 55.8 Å². The van der Waals surface area contributed by atoms with Crippen LogP contribution in [0.1, 0.15) is 27.7 Å². The number of hydrogen-bond acceptors (Lipinski definition) is 4. The maximum absolute atomic E-state index is 11.9. The molecule has 2 N–H and O–H groups in total. The van der Waals surface area contributed by atoms with Crippen molar-refractivity contribution in [2.45, 2.75) is 39.8 Å². The molecule has 0 aliphatic carbocycles. The molecule has 5 nitrogen and oxygen atoms in total. The maximum atomic E-state index is 11.9.